The third-order valence-electron chi connectivity index (χ3n) is 4.62. The van der Waals surface area contributed by atoms with Crippen LogP contribution in [0.15, 0.2) is 46.8 Å². The van der Waals surface area contributed by atoms with Gasteiger partial charge in [-0.05, 0) is 31.9 Å². The van der Waals surface area contributed by atoms with Gasteiger partial charge in [-0.15, -0.1) is 11.3 Å². The van der Waals surface area contributed by atoms with Crippen LogP contribution in [0.4, 0.5) is 5.13 Å². The molecule has 3 rings (SSSR count). The molecule has 2 amide bonds. The molecular weight excluding hydrogens is 400 g/mol. The third kappa shape index (κ3) is 4.75. The fourth-order valence-electron chi connectivity index (χ4n) is 3.00. The average Bonchev–Trinajstić information content (AvgIpc) is 3.21. The SMILES string of the molecule is C[C@@H](NC(=O)C1CCN(S(=O)(=O)c2ccccc2)CC1)C(=O)Nc1nccs1. The largest absolute Gasteiger partial charge is 0.344 e. The number of anilines is 1. The Bertz CT molecular complexity index is 908. The Morgan fingerprint density at radius 2 is 1.89 bits per heavy atom. The summed E-state index contributed by atoms with van der Waals surface area (Å²) in [6.07, 6.45) is 2.41. The second-order valence-corrected chi connectivity index (χ2v) is 9.38. The van der Waals surface area contributed by atoms with Crippen molar-refractivity contribution in [2.75, 3.05) is 18.4 Å². The van der Waals surface area contributed by atoms with E-state index in [0.717, 1.165) is 0 Å². The van der Waals surface area contributed by atoms with Gasteiger partial charge < -0.3 is 10.6 Å². The summed E-state index contributed by atoms with van der Waals surface area (Å²) in [4.78, 5) is 28.8. The van der Waals surface area contributed by atoms with Gasteiger partial charge in [-0.2, -0.15) is 4.31 Å². The summed E-state index contributed by atoms with van der Waals surface area (Å²) in [5, 5.41) is 7.57. The van der Waals surface area contributed by atoms with Crippen LogP contribution in [-0.4, -0.2) is 48.7 Å². The predicted octanol–water partition coefficient (Wildman–Crippen LogP) is 1.69. The zero-order chi connectivity index (χ0) is 20.1. The number of thiazole rings is 1. The van der Waals surface area contributed by atoms with E-state index in [1.165, 1.54) is 15.6 Å². The van der Waals surface area contributed by atoms with Gasteiger partial charge in [0.15, 0.2) is 5.13 Å². The summed E-state index contributed by atoms with van der Waals surface area (Å²) >= 11 is 1.30. The van der Waals surface area contributed by atoms with Crippen molar-refractivity contribution in [1.29, 1.82) is 0 Å². The van der Waals surface area contributed by atoms with E-state index in [9.17, 15) is 18.0 Å². The maximum atomic E-state index is 12.6. The minimum absolute atomic E-state index is 0.237. The molecule has 0 radical (unpaired) electrons. The van der Waals surface area contributed by atoms with Crippen molar-refractivity contribution in [3.63, 3.8) is 0 Å². The molecule has 1 aliphatic rings. The Hall–Kier alpha value is -2.30. The first kappa shape index (κ1) is 20.4. The fraction of sp³-hybridized carbons (Fsp3) is 0.389. The molecule has 0 spiro atoms. The minimum Gasteiger partial charge on any atom is -0.344 e. The van der Waals surface area contributed by atoms with E-state index >= 15 is 0 Å². The lowest BCUT2D eigenvalue weighted by Crippen LogP contribution is -2.47. The average molecular weight is 423 g/mol. The molecule has 2 heterocycles. The normalized spacial score (nSPS) is 17.0. The molecule has 1 aromatic carbocycles. The highest BCUT2D eigenvalue weighted by Gasteiger charge is 2.32. The first-order valence-electron chi connectivity index (χ1n) is 8.94. The Labute approximate surface area is 168 Å². The Balaban J connectivity index is 1.51. The Morgan fingerprint density at radius 3 is 2.50 bits per heavy atom. The summed E-state index contributed by atoms with van der Waals surface area (Å²) in [6, 6.07) is 7.56. The van der Waals surface area contributed by atoms with E-state index in [2.05, 4.69) is 15.6 Å². The molecule has 1 saturated heterocycles. The van der Waals surface area contributed by atoms with E-state index in [-0.39, 0.29) is 35.7 Å². The molecule has 10 heteroatoms. The van der Waals surface area contributed by atoms with Gasteiger partial charge in [-0.25, -0.2) is 13.4 Å². The van der Waals surface area contributed by atoms with Crippen molar-refractivity contribution < 1.29 is 18.0 Å². The van der Waals surface area contributed by atoms with Crippen molar-refractivity contribution in [2.45, 2.75) is 30.7 Å². The number of rotatable bonds is 6. The van der Waals surface area contributed by atoms with E-state index in [1.807, 2.05) is 0 Å². The number of nitrogens with one attached hydrogen (secondary N) is 2. The topological polar surface area (TPSA) is 108 Å². The lowest BCUT2D eigenvalue weighted by molar-refractivity contribution is -0.129. The number of benzene rings is 1. The zero-order valence-corrected chi connectivity index (χ0v) is 17.0. The molecule has 1 fully saturated rings. The fourth-order valence-corrected chi connectivity index (χ4v) is 5.02. The summed E-state index contributed by atoms with van der Waals surface area (Å²) < 4.78 is 26.7. The van der Waals surface area contributed by atoms with Crippen molar-refractivity contribution in [3.05, 3.63) is 41.9 Å². The molecule has 0 bridgehead atoms. The summed E-state index contributed by atoms with van der Waals surface area (Å²) in [5.41, 5.74) is 0. The second kappa shape index (κ2) is 8.80. The number of sulfonamides is 1. The van der Waals surface area contributed by atoms with Crippen LogP contribution in [0.2, 0.25) is 0 Å². The van der Waals surface area contributed by atoms with Gasteiger partial charge >= 0.3 is 0 Å². The number of hydrogen-bond donors (Lipinski definition) is 2. The van der Waals surface area contributed by atoms with Crippen molar-refractivity contribution in [3.8, 4) is 0 Å². The quantitative estimate of drug-likeness (QED) is 0.736. The molecular formula is C18H22N4O4S2. The monoisotopic (exact) mass is 422 g/mol. The number of amides is 2. The van der Waals surface area contributed by atoms with Crippen molar-refractivity contribution in [2.24, 2.45) is 5.92 Å². The van der Waals surface area contributed by atoms with Crippen LogP contribution < -0.4 is 10.6 Å². The minimum atomic E-state index is -3.54. The standard InChI is InChI=1S/C18H22N4O4S2/c1-13(16(23)21-18-19-9-12-27-18)20-17(24)14-7-10-22(11-8-14)28(25,26)15-5-3-2-4-6-15/h2-6,9,12-14H,7-8,10-11H2,1H3,(H,20,24)(H,19,21,23)/t13-/m1/s1. The highest BCUT2D eigenvalue weighted by Crippen LogP contribution is 2.24. The maximum absolute atomic E-state index is 12.6. The molecule has 150 valence electrons. The van der Waals surface area contributed by atoms with Crippen molar-refractivity contribution in [1.82, 2.24) is 14.6 Å². The molecule has 1 aromatic heterocycles. The molecule has 8 nitrogen and oxygen atoms in total. The lowest BCUT2D eigenvalue weighted by Gasteiger charge is -2.31. The number of aromatic nitrogens is 1. The predicted molar refractivity (Wildman–Crippen MR) is 106 cm³/mol. The number of nitrogens with zero attached hydrogens (tertiary/aromatic N) is 2. The first-order chi connectivity index (χ1) is 13.4. The zero-order valence-electron chi connectivity index (χ0n) is 15.4. The van der Waals surface area contributed by atoms with E-state index in [1.54, 1.807) is 48.8 Å². The molecule has 0 aliphatic carbocycles. The van der Waals surface area contributed by atoms with Crippen LogP contribution in [0.5, 0.6) is 0 Å². The maximum Gasteiger partial charge on any atom is 0.248 e. The van der Waals surface area contributed by atoms with Gasteiger partial charge in [0.25, 0.3) is 0 Å². The highest BCUT2D eigenvalue weighted by molar-refractivity contribution is 7.89. The Morgan fingerprint density at radius 1 is 1.21 bits per heavy atom. The van der Waals surface area contributed by atoms with Crippen LogP contribution >= 0.6 is 11.3 Å². The summed E-state index contributed by atoms with van der Waals surface area (Å²) in [6.45, 7) is 2.15. The van der Waals surface area contributed by atoms with Gasteiger partial charge in [0.05, 0.1) is 4.90 Å². The van der Waals surface area contributed by atoms with Gasteiger partial charge in [0, 0.05) is 30.6 Å². The molecule has 0 unspecified atom stereocenters. The number of piperidine rings is 1. The second-order valence-electron chi connectivity index (χ2n) is 6.55. The number of carbonyl (C=O) groups excluding carboxylic acids is 2. The lowest BCUT2D eigenvalue weighted by atomic mass is 9.97. The summed E-state index contributed by atoms with van der Waals surface area (Å²) in [7, 11) is -3.54. The van der Waals surface area contributed by atoms with Gasteiger partial charge in [0.1, 0.15) is 6.04 Å². The molecule has 2 N–H and O–H groups in total. The van der Waals surface area contributed by atoms with Crippen LogP contribution in [0, 0.1) is 5.92 Å². The third-order valence-corrected chi connectivity index (χ3v) is 7.22. The van der Waals surface area contributed by atoms with Crippen LogP contribution in [0.1, 0.15) is 19.8 Å². The van der Waals surface area contributed by atoms with Crippen molar-refractivity contribution >= 4 is 38.3 Å². The van der Waals surface area contributed by atoms with Gasteiger partial charge in [-0.3, -0.25) is 9.59 Å². The molecule has 1 aliphatic heterocycles. The summed E-state index contributed by atoms with van der Waals surface area (Å²) in [5.74, 6) is -0.900. The van der Waals surface area contributed by atoms with E-state index < -0.39 is 16.1 Å². The molecule has 28 heavy (non-hydrogen) atoms. The number of hydrogen-bond acceptors (Lipinski definition) is 6. The first-order valence-corrected chi connectivity index (χ1v) is 11.3. The van der Waals surface area contributed by atoms with Crippen LogP contribution in [0.3, 0.4) is 0 Å². The highest BCUT2D eigenvalue weighted by atomic mass is 32.2. The van der Waals surface area contributed by atoms with Crippen LogP contribution in [0.25, 0.3) is 0 Å². The smallest absolute Gasteiger partial charge is 0.248 e. The van der Waals surface area contributed by atoms with E-state index in [0.29, 0.717) is 18.0 Å². The van der Waals surface area contributed by atoms with Crippen LogP contribution in [-0.2, 0) is 19.6 Å². The van der Waals surface area contributed by atoms with Gasteiger partial charge in [0.2, 0.25) is 21.8 Å². The van der Waals surface area contributed by atoms with E-state index in [4.69, 9.17) is 0 Å². The molecule has 2 aromatic rings. The molecule has 0 saturated carbocycles. The Kier molecular flexibility index (Phi) is 6.42. The van der Waals surface area contributed by atoms with Gasteiger partial charge in [-0.1, -0.05) is 18.2 Å². The number of carbonyl (C=O) groups is 2. The molecule has 1 atom stereocenters.